The average molecular weight is 466 g/mol. The van der Waals surface area contributed by atoms with Crippen molar-refractivity contribution in [1.82, 2.24) is 24.8 Å². The van der Waals surface area contributed by atoms with Crippen molar-refractivity contribution in [1.29, 1.82) is 0 Å². The maximum atomic E-state index is 13.1. The first-order valence-corrected chi connectivity index (χ1v) is 11.8. The van der Waals surface area contributed by atoms with E-state index < -0.39 is 0 Å². The third-order valence-electron chi connectivity index (χ3n) is 7.22. The fraction of sp³-hybridized carbons (Fsp3) is 0.478. The molecule has 154 valence electrons. The molecule has 1 N–H and O–H groups in total. The molecule has 1 spiro atoms. The van der Waals surface area contributed by atoms with Crippen LogP contribution in [-0.2, 0) is 5.41 Å². The van der Waals surface area contributed by atoms with Gasteiger partial charge in [0.2, 0.25) is 0 Å². The van der Waals surface area contributed by atoms with Crippen LogP contribution in [0.15, 0.2) is 33.7 Å². The molecule has 0 amide bonds. The molecule has 0 unspecified atom stereocenters. The van der Waals surface area contributed by atoms with Gasteiger partial charge in [-0.05, 0) is 66.8 Å². The third-order valence-corrected chi connectivity index (χ3v) is 7.88. The fourth-order valence-electron chi connectivity index (χ4n) is 5.70. The van der Waals surface area contributed by atoms with Gasteiger partial charge in [0.05, 0.1) is 16.3 Å². The van der Waals surface area contributed by atoms with E-state index in [1.54, 1.807) is 0 Å². The number of nitrogens with one attached hydrogen (secondary N) is 1. The Morgan fingerprint density at radius 2 is 1.90 bits per heavy atom. The Bertz CT molecular complexity index is 1210. The topological polar surface area (TPSA) is 72.7 Å². The van der Waals surface area contributed by atoms with Gasteiger partial charge in [-0.1, -0.05) is 25.3 Å². The normalized spacial score (nSPS) is 20.4. The smallest absolute Gasteiger partial charge is 0.281 e. The molecule has 1 aliphatic carbocycles. The number of benzene rings is 1. The van der Waals surface area contributed by atoms with E-state index in [0.717, 1.165) is 84.6 Å². The first kappa shape index (κ1) is 18.6. The minimum Gasteiger partial charge on any atom is -0.317 e. The van der Waals surface area contributed by atoms with Crippen LogP contribution >= 0.6 is 15.9 Å². The van der Waals surface area contributed by atoms with Gasteiger partial charge in [0, 0.05) is 22.2 Å². The lowest BCUT2D eigenvalue weighted by Crippen LogP contribution is -2.32. The molecule has 3 aliphatic rings. The summed E-state index contributed by atoms with van der Waals surface area (Å²) in [6, 6.07) is 5.91. The third kappa shape index (κ3) is 2.57. The number of hydrogen-bond acceptors (Lipinski definition) is 5. The van der Waals surface area contributed by atoms with Crippen LogP contribution in [-0.4, -0.2) is 32.6 Å². The monoisotopic (exact) mass is 465 g/mol. The Labute approximate surface area is 183 Å². The van der Waals surface area contributed by atoms with Gasteiger partial charge >= 0.3 is 0 Å². The van der Waals surface area contributed by atoms with E-state index in [-0.39, 0.29) is 11.0 Å². The first-order valence-electron chi connectivity index (χ1n) is 11.0. The highest BCUT2D eigenvalue weighted by Crippen LogP contribution is 2.51. The Kier molecular flexibility index (Phi) is 4.32. The van der Waals surface area contributed by atoms with Crippen LogP contribution in [0.4, 0.5) is 0 Å². The summed E-state index contributed by atoms with van der Waals surface area (Å²) in [7, 11) is 0. The number of rotatable bonds is 1. The van der Waals surface area contributed by atoms with Gasteiger partial charge < -0.3 is 5.32 Å². The molecule has 0 atom stereocenters. The molecular formula is C23H24BrN5O. The molecule has 1 saturated carbocycles. The zero-order chi connectivity index (χ0) is 20.3. The molecular weight excluding hydrogens is 442 g/mol. The van der Waals surface area contributed by atoms with E-state index in [1.807, 2.05) is 24.4 Å². The second-order valence-electron chi connectivity index (χ2n) is 8.84. The minimum absolute atomic E-state index is 0.159. The first-order chi connectivity index (χ1) is 14.7. The van der Waals surface area contributed by atoms with Crippen LogP contribution in [0, 0.1) is 0 Å². The molecule has 1 aromatic carbocycles. The van der Waals surface area contributed by atoms with Crippen molar-refractivity contribution in [2.24, 2.45) is 0 Å². The van der Waals surface area contributed by atoms with Crippen molar-refractivity contribution < 1.29 is 0 Å². The maximum Gasteiger partial charge on any atom is 0.281 e. The van der Waals surface area contributed by atoms with Gasteiger partial charge in [-0.2, -0.15) is 4.98 Å². The molecule has 2 aliphatic heterocycles. The number of aromatic nitrogens is 4. The predicted molar refractivity (Wildman–Crippen MR) is 119 cm³/mol. The van der Waals surface area contributed by atoms with Crippen LogP contribution in [0.2, 0.25) is 0 Å². The van der Waals surface area contributed by atoms with Crippen molar-refractivity contribution in [2.75, 3.05) is 13.1 Å². The average Bonchev–Trinajstić information content (AvgIpc) is 3.04. The molecule has 2 aromatic heterocycles. The second-order valence-corrected chi connectivity index (χ2v) is 9.70. The molecule has 2 fully saturated rings. The van der Waals surface area contributed by atoms with Crippen molar-refractivity contribution in [3.8, 4) is 5.82 Å². The van der Waals surface area contributed by atoms with Gasteiger partial charge in [0.25, 0.3) is 5.56 Å². The van der Waals surface area contributed by atoms with Gasteiger partial charge in [-0.25, -0.2) is 9.97 Å². The molecule has 7 heteroatoms. The molecule has 6 rings (SSSR count). The molecule has 0 radical (unpaired) electrons. The number of halogens is 1. The zero-order valence-corrected chi connectivity index (χ0v) is 18.4. The highest BCUT2D eigenvalue weighted by Gasteiger charge is 2.48. The molecule has 1 saturated heterocycles. The van der Waals surface area contributed by atoms with E-state index in [2.05, 4.69) is 30.8 Å². The molecule has 0 bridgehead atoms. The van der Waals surface area contributed by atoms with Crippen molar-refractivity contribution in [2.45, 2.75) is 56.3 Å². The summed E-state index contributed by atoms with van der Waals surface area (Å²) in [5.41, 5.74) is 1.64. The second kappa shape index (κ2) is 6.95. The fourth-order valence-corrected chi connectivity index (χ4v) is 6.23. The van der Waals surface area contributed by atoms with Crippen LogP contribution < -0.4 is 10.9 Å². The Hall–Kier alpha value is -2.12. The van der Waals surface area contributed by atoms with Crippen LogP contribution in [0.25, 0.3) is 16.7 Å². The summed E-state index contributed by atoms with van der Waals surface area (Å²) >= 11 is 3.57. The lowest BCUT2D eigenvalue weighted by atomic mass is 9.70. The van der Waals surface area contributed by atoms with Crippen molar-refractivity contribution in [3.05, 3.63) is 56.4 Å². The van der Waals surface area contributed by atoms with E-state index >= 15 is 0 Å². The Balaban J connectivity index is 1.65. The van der Waals surface area contributed by atoms with Gasteiger partial charge in [-0.3, -0.25) is 9.36 Å². The largest absolute Gasteiger partial charge is 0.317 e. The molecule has 3 aromatic rings. The number of piperidine rings is 1. The molecule has 30 heavy (non-hydrogen) atoms. The minimum atomic E-state index is -0.240. The summed E-state index contributed by atoms with van der Waals surface area (Å²) < 4.78 is 2.94. The molecule has 6 nitrogen and oxygen atoms in total. The quantitative estimate of drug-likeness (QED) is 0.588. The highest BCUT2D eigenvalue weighted by molar-refractivity contribution is 9.10. The Morgan fingerprint density at radius 1 is 1.10 bits per heavy atom. The summed E-state index contributed by atoms with van der Waals surface area (Å²) in [4.78, 5) is 27.7. The zero-order valence-electron chi connectivity index (χ0n) is 16.8. The van der Waals surface area contributed by atoms with E-state index in [0.29, 0.717) is 11.3 Å². The van der Waals surface area contributed by atoms with Crippen LogP contribution in [0.1, 0.15) is 68.1 Å². The number of hydrogen-bond donors (Lipinski definition) is 1. The summed E-state index contributed by atoms with van der Waals surface area (Å²) in [6.07, 6.45) is 9.69. The van der Waals surface area contributed by atoms with Crippen LogP contribution in [0.5, 0.6) is 0 Å². The van der Waals surface area contributed by atoms with Gasteiger partial charge in [0.1, 0.15) is 17.5 Å². The number of fused-ring (bicyclic) bond motifs is 7. The SMILES string of the molecule is O=c1nc2n(c3cccc(Br)c13)-c1nc(C3CCNCC3)ncc1C21CCCCC1. The number of nitrogens with zero attached hydrogens (tertiary/aromatic N) is 4. The Morgan fingerprint density at radius 3 is 2.70 bits per heavy atom. The maximum absolute atomic E-state index is 13.1. The highest BCUT2D eigenvalue weighted by atomic mass is 79.9. The standard InChI is InChI=1S/C23H24BrN5O/c24-16-5-4-6-17-18(16)21(30)28-22-23(9-2-1-3-10-23)15-13-26-19(27-20(15)29(17)22)14-7-11-25-12-8-14/h4-6,13-14,25H,1-3,7-12H2. The van der Waals surface area contributed by atoms with Gasteiger partial charge in [-0.15, -0.1) is 0 Å². The lowest BCUT2D eigenvalue weighted by molar-refractivity contribution is 0.338. The van der Waals surface area contributed by atoms with E-state index in [4.69, 9.17) is 9.97 Å². The summed E-state index contributed by atoms with van der Waals surface area (Å²) in [6.45, 7) is 2.02. The van der Waals surface area contributed by atoms with E-state index in [9.17, 15) is 4.79 Å². The van der Waals surface area contributed by atoms with Crippen molar-refractivity contribution >= 4 is 26.8 Å². The van der Waals surface area contributed by atoms with E-state index in [1.165, 1.54) is 6.42 Å². The predicted octanol–water partition coefficient (Wildman–Crippen LogP) is 3.97. The summed E-state index contributed by atoms with van der Waals surface area (Å²) in [5, 5.41) is 4.05. The summed E-state index contributed by atoms with van der Waals surface area (Å²) in [5.74, 6) is 3.11. The lowest BCUT2D eigenvalue weighted by Gasteiger charge is -2.33. The van der Waals surface area contributed by atoms with Crippen molar-refractivity contribution in [3.63, 3.8) is 0 Å². The van der Waals surface area contributed by atoms with Crippen LogP contribution in [0.3, 0.4) is 0 Å². The van der Waals surface area contributed by atoms with Gasteiger partial charge in [0.15, 0.2) is 0 Å². The molecule has 4 heterocycles.